The zero-order valence-electron chi connectivity index (χ0n) is 12.0. The zero-order valence-corrected chi connectivity index (χ0v) is 12.8. The normalized spacial score (nSPS) is 19.5. The van der Waals surface area contributed by atoms with Gasteiger partial charge < -0.3 is 10.2 Å². The summed E-state index contributed by atoms with van der Waals surface area (Å²) < 4.78 is 0. The molecule has 3 aliphatic heterocycles. The Morgan fingerprint density at radius 2 is 2.09 bits per heavy atom. The van der Waals surface area contributed by atoms with Crippen LogP contribution in [0.1, 0.15) is 12.0 Å². The molecule has 4 nitrogen and oxygen atoms in total. The molecule has 1 aromatic rings. The molecular formula is C17H15N3OS. The Hall–Kier alpha value is -2.27. The van der Waals surface area contributed by atoms with Gasteiger partial charge in [0, 0.05) is 42.3 Å². The molecule has 110 valence electrons. The molecule has 3 heterocycles. The number of amidine groups is 1. The number of carbonyl (C=O) groups excluding carboxylic acids is 1. The van der Waals surface area contributed by atoms with Crippen molar-refractivity contribution in [3.63, 3.8) is 0 Å². The molecule has 0 unspecified atom stereocenters. The van der Waals surface area contributed by atoms with Crippen molar-refractivity contribution in [3.05, 3.63) is 71.2 Å². The van der Waals surface area contributed by atoms with Crippen LogP contribution in [0.15, 0.2) is 70.6 Å². The predicted molar refractivity (Wildman–Crippen MR) is 88.9 cm³/mol. The first-order chi connectivity index (χ1) is 10.8. The van der Waals surface area contributed by atoms with Gasteiger partial charge in [0.05, 0.1) is 5.70 Å². The summed E-state index contributed by atoms with van der Waals surface area (Å²) in [5.74, 6) is 0.836. The van der Waals surface area contributed by atoms with Gasteiger partial charge in [0.25, 0.3) is 0 Å². The van der Waals surface area contributed by atoms with E-state index in [1.54, 1.807) is 17.8 Å². The summed E-state index contributed by atoms with van der Waals surface area (Å²) >= 11 is 1.73. The number of hydrogen-bond acceptors (Lipinski definition) is 4. The Balaban J connectivity index is 1.59. The first-order valence-corrected chi connectivity index (χ1v) is 8.24. The van der Waals surface area contributed by atoms with E-state index < -0.39 is 0 Å². The second-order valence-electron chi connectivity index (χ2n) is 5.32. The molecule has 0 radical (unpaired) electrons. The molecule has 0 atom stereocenters. The maximum atomic E-state index is 11.7. The number of nitrogens with zero attached hydrogens (tertiary/aromatic N) is 2. The SMILES string of the molecule is O=C1C=CC2=CN=C(SCc3ccccc3)N3CCC(=C23)N1. The van der Waals surface area contributed by atoms with E-state index in [0.717, 1.165) is 40.9 Å². The maximum Gasteiger partial charge on any atom is 0.248 e. The van der Waals surface area contributed by atoms with Crippen LogP contribution >= 0.6 is 11.8 Å². The monoisotopic (exact) mass is 309 g/mol. The Kier molecular flexibility index (Phi) is 3.35. The van der Waals surface area contributed by atoms with Crippen molar-refractivity contribution < 1.29 is 4.79 Å². The van der Waals surface area contributed by atoms with Gasteiger partial charge in [-0.1, -0.05) is 42.1 Å². The van der Waals surface area contributed by atoms with Gasteiger partial charge in [-0.25, -0.2) is 4.99 Å². The summed E-state index contributed by atoms with van der Waals surface area (Å²) in [6.45, 7) is 0.872. The van der Waals surface area contributed by atoms with Gasteiger partial charge in [0.1, 0.15) is 0 Å². The molecule has 0 spiro atoms. The Bertz CT molecular complexity index is 746. The van der Waals surface area contributed by atoms with E-state index in [1.807, 2.05) is 18.3 Å². The lowest BCUT2D eigenvalue weighted by atomic mass is 10.1. The molecule has 0 aromatic heterocycles. The number of thioether (sulfide) groups is 1. The number of rotatable bonds is 2. The lowest BCUT2D eigenvalue weighted by molar-refractivity contribution is -0.115. The molecule has 4 rings (SSSR count). The fraction of sp³-hybridized carbons (Fsp3) is 0.176. The minimum Gasteiger partial charge on any atom is -0.324 e. The first-order valence-electron chi connectivity index (χ1n) is 7.26. The fourth-order valence-corrected chi connectivity index (χ4v) is 3.78. The fourth-order valence-electron chi connectivity index (χ4n) is 2.83. The van der Waals surface area contributed by atoms with Crippen molar-refractivity contribution in [2.24, 2.45) is 4.99 Å². The average Bonchev–Trinajstić information content (AvgIpc) is 2.89. The number of amides is 1. The lowest BCUT2D eigenvalue weighted by Gasteiger charge is -2.26. The van der Waals surface area contributed by atoms with Crippen molar-refractivity contribution >= 4 is 22.8 Å². The third-order valence-corrected chi connectivity index (χ3v) is 4.92. The van der Waals surface area contributed by atoms with Crippen LogP contribution in [0.3, 0.4) is 0 Å². The molecule has 0 bridgehead atoms. The molecule has 1 aromatic carbocycles. The van der Waals surface area contributed by atoms with Crippen LogP contribution in [-0.4, -0.2) is 22.5 Å². The number of benzene rings is 1. The largest absolute Gasteiger partial charge is 0.324 e. The quantitative estimate of drug-likeness (QED) is 0.913. The third-order valence-electron chi connectivity index (χ3n) is 3.86. The van der Waals surface area contributed by atoms with Crippen LogP contribution < -0.4 is 5.32 Å². The number of hydrogen-bond donors (Lipinski definition) is 1. The first kappa shape index (κ1) is 13.4. The third kappa shape index (κ3) is 2.37. The molecule has 0 fully saturated rings. The van der Waals surface area contributed by atoms with Crippen molar-refractivity contribution in [1.82, 2.24) is 10.2 Å². The van der Waals surface area contributed by atoms with E-state index >= 15 is 0 Å². The molecule has 1 amide bonds. The summed E-state index contributed by atoms with van der Waals surface area (Å²) in [7, 11) is 0. The highest BCUT2D eigenvalue weighted by Gasteiger charge is 2.32. The summed E-state index contributed by atoms with van der Waals surface area (Å²) in [5, 5.41) is 3.97. The van der Waals surface area contributed by atoms with Crippen LogP contribution in [0.4, 0.5) is 0 Å². The molecule has 1 N–H and O–H groups in total. The van der Waals surface area contributed by atoms with Crippen LogP contribution in [-0.2, 0) is 10.5 Å². The molecule has 0 aliphatic carbocycles. The number of nitrogens with one attached hydrogen (secondary N) is 1. The van der Waals surface area contributed by atoms with Crippen LogP contribution in [0.5, 0.6) is 0 Å². The average molecular weight is 309 g/mol. The topological polar surface area (TPSA) is 44.7 Å². The van der Waals surface area contributed by atoms with Crippen molar-refractivity contribution in [2.75, 3.05) is 6.54 Å². The summed E-state index contributed by atoms with van der Waals surface area (Å²) in [4.78, 5) is 18.5. The van der Waals surface area contributed by atoms with Crippen LogP contribution in [0, 0.1) is 0 Å². The molecule has 3 aliphatic rings. The van der Waals surface area contributed by atoms with Crippen molar-refractivity contribution in [2.45, 2.75) is 12.2 Å². The highest BCUT2D eigenvalue weighted by Crippen LogP contribution is 2.35. The smallest absolute Gasteiger partial charge is 0.248 e. The molecular weight excluding hydrogens is 294 g/mol. The second kappa shape index (κ2) is 5.50. The Morgan fingerprint density at radius 1 is 1.23 bits per heavy atom. The standard InChI is InChI=1S/C17H15N3OS/c21-15-7-6-13-10-18-17(20-9-8-14(19-15)16(13)20)22-11-12-4-2-1-3-5-12/h1-7,10H,8-9,11H2,(H,19,21). The Labute approximate surface area is 133 Å². The van der Waals surface area contributed by atoms with Gasteiger partial charge in [-0.3, -0.25) is 4.79 Å². The van der Waals surface area contributed by atoms with Gasteiger partial charge in [0.2, 0.25) is 5.91 Å². The van der Waals surface area contributed by atoms with Crippen LogP contribution in [0.2, 0.25) is 0 Å². The zero-order chi connectivity index (χ0) is 14.9. The van der Waals surface area contributed by atoms with E-state index in [4.69, 9.17) is 0 Å². The van der Waals surface area contributed by atoms with Crippen molar-refractivity contribution in [3.8, 4) is 0 Å². The predicted octanol–water partition coefficient (Wildman–Crippen LogP) is 2.78. The van der Waals surface area contributed by atoms with Gasteiger partial charge in [-0.15, -0.1) is 0 Å². The van der Waals surface area contributed by atoms with Crippen LogP contribution in [0.25, 0.3) is 0 Å². The number of aliphatic imine (C=N–C) groups is 1. The van der Waals surface area contributed by atoms with E-state index in [-0.39, 0.29) is 5.91 Å². The molecule has 0 saturated heterocycles. The van der Waals surface area contributed by atoms with E-state index in [1.165, 1.54) is 5.56 Å². The van der Waals surface area contributed by atoms with Gasteiger partial charge in [0.15, 0.2) is 5.17 Å². The van der Waals surface area contributed by atoms with Gasteiger partial charge in [-0.05, 0) is 11.6 Å². The summed E-state index contributed by atoms with van der Waals surface area (Å²) in [6, 6.07) is 10.4. The lowest BCUT2D eigenvalue weighted by Crippen LogP contribution is -2.28. The van der Waals surface area contributed by atoms with Gasteiger partial charge >= 0.3 is 0 Å². The minimum atomic E-state index is -0.0573. The maximum absolute atomic E-state index is 11.7. The summed E-state index contributed by atoms with van der Waals surface area (Å²) in [5.41, 5.74) is 4.41. The van der Waals surface area contributed by atoms with E-state index in [2.05, 4.69) is 39.5 Å². The highest BCUT2D eigenvalue weighted by atomic mass is 32.2. The van der Waals surface area contributed by atoms with Gasteiger partial charge in [-0.2, -0.15) is 0 Å². The number of carbonyl (C=O) groups is 1. The Morgan fingerprint density at radius 3 is 2.95 bits per heavy atom. The summed E-state index contributed by atoms with van der Waals surface area (Å²) in [6.07, 6.45) is 6.13. The molecule has 0 saturated carbocycles. The minimum absolute atomic E-state index is 0.0573. The molecule has 22 heavy (non-hydrogen) atoms. The second-order valence-corrected chi connectivity index (χ2v) is 6.26. The van der Waals surface area contributed by atoms with Crippen molar-refractivity contribution in [1.29, 1.82) is 0 Å². The van der Waals surface area contributed by atoms with E-state index in [0.29, 0.717) is 0 Å². The molecule has 5 heteroatoms. The number of allylic oxidation sites excluding steroid dienone is 1. The van der Waals surface area contributed by atoms with E-state index in [9.17, 15) is 4.79 Å². The highest BCUT2D eigenvalue weighted by molar-refractivity contribution is 8.13.